The first-order chi connectivity index (χ1) is 17.7. The summed E-state index contributed by atoms with van der Waals surface area (Å²) in [5.41, 5.74) is 10.2. The van der Waals surface area contributed by atoms with Crippen LogP contribution < -0.4 is 21.5 Å². The van der Waals surface area contributed by atoms with E-state index in [9.17, 15) is 4.79 Å². The van der Waals surface area contributed by atoms with Gasteiger partial charge >= 0.3 is 0 Å². The predicted molar refractivity (Wildman–Crippen MR) is 144 cm³/mol. The van der Waals surface area contributed by atoms with Crippen LogP contribution in [0.2, 0.25) is 0 Å². The molecule has 1 aliphatic heterocycles. The monoisotopic (exact) mass is 493 g/mol. The van der Waals surface area contributed by atoms with Gasteiger partial charge in [0.15, 0.2) is 5.82 Å². The van der Waals surface area contributed by atoms with Crippen LogP contribution >= 0.6 is 11.3 Å². The van der Waals surface area contributed by atoms with Crippen LogP contribution in [0.5, 0.6) is 0 Å². The molecule has 9 heteroatoms. The molecular formula is C27H23N7OS. The second kappa shape index (κ2) is 9.82. The van der Waals surface area contributed by atoms with Crippen LogP contribution in [0.3, 0.4) is 0 Å². The molecule has 4 heterocycles. The number of thiophene rings is 1. The zero-order valence-corrected chi connectivity index (χ0v) is 20.0. The molecule has 0 spiro atoms. The summed E-state index contributed by atoms with van der Waals surface area (Å²) >= 11 is 1.44. The second-order valence-electron chi connectivity index (χ2n) is 8.52. The highest BCUT2D eigenvalue weighted by molar-refractivity contribution is 7.21. The minimum atomic E-state index is -0.141. The van der Waals surface area contributed by atoms with Crippen LogP contribution in [-0.2, 0) is 0 Å². The summed E-state index contributed by atoms with van der Waals surface area (Å²) in [7, 11) is 0. The molecule has 0 aliphatic carbocycles. The maximum absolute atomic E-state index is 12.7. The maximum atomic E-state index is 12.7. The highest BCUT2D eigenvalue weighted by atomic mass is 32.1. The van der Waals surface area contributed by atoms with E-state index in [0.717, 1.165) is 40.2 Å². The van der Waals surface area contributed by atoms with E-state index in [1.165, 1.54) is 16.9 Å². The number of pyridine rings is 1. The van der Waals surface area contributed by atoms with Gasteiger partial charge in [-0.1, -0.05) is 24.3 Å². The Morgan fingerprint density at radius 2 is 1.69 bits per heavy atom. The molecule has 0 unspecified atom stereocenters. The second-order valence-corrected chi connectivity index (χ2v) is 9.61. The summed E-state index contributed by atoms with van der Waals surface area (Å²) in [6.07, 6.45) is 5.05. The van der Waals surface area contributed by atoms with Gasteiger partial charge in [0.1, 0.15) is 5.82 Å². The van der Waals surface area contributed by atoms with Crippen LogP contribution in [0, 0.1) is 0 Å². The van der Waals surface area contributed by atoms with E-state index in [0.29, 0.717) is 22.3 Å². The summed E-state index contributed by atoms with van der Waals surface area (Å²) in [5, 5.41) is 7.29. The molecule has 6 rings (SSSR count). The molecule has 0 saturated carbocycles. The number of anilines is 3. The van der Waals surface area contributed by atoms with Gasteiger partial charge in [-0.2, -0.15) is 0 Å². The van der Waals surface area contributed by atoms with Gasteiger partial charge in [0.05, 0.1) is 4.88 Å². The van der Waals surface area contributed by atoms with Crippen molar-refractivity contribution in [3.8, 4) is 11.4 Å². The van der Waals surface area contributed by atoms with Gasteiger partial charge in [0.25, 0.3) is 5.91 Å². The van der Waals surface area contributed by atoms with E-state index in [-0.39, 0.29) is 5.91 Å². The largest absolute Gasteiger partial charge is 0.340 e. The van der Waals surface area contributed by atoms with Gasteiger partial charge < -0.3 is 10.6 Å². The number of amides is 1. The lowest BCUT2D eigenvalue weighted by Gasteiger charge is -2.11. The number of rotatable bonds is 6. The highest BCUT2D eigenvalue weighted by Gasteiger charge is 2.16. The van der Waals surface area contributed by atoms with Gasteiger partial charge in [0, 0.05) is 59.2 Å². The third kappa shape index (κ3) is 4.80. The summed E-state index contributed by atoms with van der Waals surface area (Å²) in [6.45, 7) is 1.88. The van der Waals surface area contributed by atoms with Crippen molar-refractivity contribution >= 4 is 44.5 Å². The van der Waals surface area contributed by atoms with Crippen molar-refractivity contribution in [1.29, 1.82) is 0 Å². The van der Waals surface area contributed by atoms with Crippen molar-refractivity contribution in [3.05, 3.63) is 95.8 Å². The minimum Gasteiger partial charge on any atom is -0.340 e. The number of carbonyl (C=O) groups is 1. The van der Waals surface area contributed by atoms with Crippen LogP contribution in [0.4, 0.5) is 17.2 Å². The number of hydrogen-bond acceptors (Lipinski definition) is 8. The smallest absolute Gasteiger partial charge is 0.265 e. The lowest BCUT2D eigenvalue weighted by atomic mass is 10.0. The number of carbonyl (C=O) groups excluding carboxylic acids is 1. The molecule has 1 fully saturated rings. The zero-order chi connectivity index (χ0) is 24.3. The first kappa shape index (κ1) is 22.3. The van der Waals surface area contributed by atoms with Crippen molar-refractivity contribution in [1.82, 2.24) is 25.8 Å². The fourth-order valence-corrected chi connectivity index (χ4v) is 5.16. The zero-order valence-electron chi connectivity index (χ0n) is 19.2. The Morgan fingerprint density at radius 1 is 0.889 bits per heavy atom. The Morgan fingerprint density at radius 3 is 2.50 bits per heavy atom. The number of nitrogens with zero attached hydrogens (tertiary/aromatic N) is 3. The van der Waals surface area contributed by atoms with E-state index >= 15 is 0 Å². The van der Waals surface area contributed by atoms with E-state index in [2.05, 4.69) is 55.7 Å². The number of hydrazine groups is 1. The van der Waals surface area contributed by atoms with Crippen molar-refractivity contribution in [2.45, 2.75) is 5.92 Å². The quantitative estimate of drug-likeness (QED) is 0.266. The Bertz CT molecular complexity index is 1510. The third-order valence-electron chi connectivity index (χ3n) is 6.07. The first-order valence-corrected chi connectivity index (χ1v) is 12.4. The molecule has 1 aliphatic rings. The molecule has 0 radical (unpaired) electrons. The van der Waals surface area contributed by atoms with E-state index < -0.39 is 0 Å². The lowest BCUT2D eigenvalue weighted by molar-refractivity contribution is 0.103. The average Bonchev–Trinajstić information content (AvgIpc) is 3.60. The van der Waals surface area contributed by atoms with Gasteiger partial charge in [-0.05, 0) is 53.4 Å². The molecule has 1 amide bonds. The normalized spacial score (nSPS) is 13.7. The third-order valence-corrected chi connectivity index (χ3v) is 7.17. The van der Waals surface area contributed by atoms with Crippen molar-refractivity contribution in [3.63, 3.8) is 0 Å². The molecule has 36 heavy (non-hydrogen) atoms. The van der Waals surface area contributed by atoms with Crippen molar-refractivity contribution in [2.24, 2.45) is 0 Å². The number of hydrogen-bond donors (Lipinski definition) is 4. The molecule has 0 atom stereocenters. The van der Waals surface area contributed by atoms with Crippen LogP contribution in [-0.4, -0.2) is 33.9 Å². The summed E-state index contributed by atoms with van der Waals surface area (Å²) in [4.78, 5) is 26.5. The van der Waals surface area contributed by atoms with Crippen molar-refractivity contribution < 1.29 is 4.79 Å². The van der Waals surface area contributed by atoms with Crippen LogP contribution in [0.1, 0.15) is 21.2 Å². The molecule has 2 aromatic carbocycles. The molecule has 178 valence electrons. The minimum absolute atomic E-state index is 0.141. The van der Waals surface area contributed by atoms with Gasteiger partial charge in [0.2, 0.25) is 0 Å². The van der Waals surface area contributed by atoms with Crippen molar-refractivity contribution in [2.75, 3.05) is 23.7 Å². The fraction of sp³-hybridized carbons (Fsp3) is 0.111. The molecule has 8 nitrogen and oxygen atoms in total. The Labute approximate surface area is 211 Å². The van der Waals surface area contributed by atoms with Gasteiger partial charge in [-0.25, -0.2) is 9.97 Å². The number of fused-ring (bicyclic) bond motifs is 1. The maximum Gasteiger partial charge on any atom is 0.265 e. The number of benzene rings is 2. The topological polar surface area (TPSA) is 104 Å². The number of aromatic nitrogens is 3. The number of nitrogens with one attached hydrogen (secondary N) is 4. The van der Waals surface area contributed by atoms with E-state index in [1.54, 1.807) is 30.7 Å². The average molecular weight is 494 g/mol. The summed E-state index contributed by atoms with van der Waals surface area (Å²) < 4.78 is 1.00. The van der Waals surface area contributed by atoms with Crippen LogP contribution in [0.25, 0.3) is 21.5 Å². The molecule has 0 bridgehead atoms. The fourth-order valence-electron chi connectivity index (χ4n) is 4.16. The van der Waals surface area contributed by atoms with E-state index in [4.69, 9.17) is 4.98 Å². The highest BCUT2D eigenvalue weighted by Crippen LogP contribution is 2.30. The van der Waals surface area contributed by atoms with Gasteiger partial charge in [-0.15, -0.1) is 11.3 Å². The van der Waals surface area contributed by atoms with E-state index in [1.807, 2.05) is 30.3 Å². The predicted octanol–water partition coefficient (Wildman–Crippen LogP) is 4.94. The lowest BCUT2D eigenvalue weighted by Crippen LogP contribution is -2.21. The SMILES string of the molecule is O=C(Nc1ccncc1)c1cc2ccc(-c3nccc(Nc4ccc(C5CNNC5)cc4)n3)cc2s1. The molecule has 1 saturated heterocycles. The Kier molecular flexibility index (Phi) is 6.08. The molecule has 5 aromatic rings. The first-order valence-electron chi connectivity index (χ1n) is 11.6. The molecular weight excluding hydrogens is 470 g/mol. The van der Waals surface area contributed by atoms with Crippen LogP contribution in [0.15, 0.2) is 85.3 Å². The van der Waals surface area contributed by atoms with Gasteiger partial charge in [-0.3, -0.25) is 20.6 Å². The summed E-state index contributed by atoms with van der Waals surface area (Å²) in [5.74, 6) is 1.69. The Balaban J connectivity index is 1.19. The standard InChI is InChI=1S/C27H23N7OS/c35-27(33-22-7-10-28-11-8-22)24-13-18-1-2-19(14-23(18)36-24)26-29-12-9-25(34-26)32-21-5-3-17(4-6-21)20-15-30-31-16-20/h1-14,20,30-31H,15-16H2,(H,28,33,35)(H,29,32,34). The Hall–Kier alpha value is -4.18. The molecule has 4 N–H and O–H groups in total. The summed E-state index contributed by atoms with van der Waals surface area (Å²) in [6, 6.07) is 21.7. The molecule has 3 aromatic heterocycles.